The number of amides is 2. The molecular formula is C18H19N3O2. The van der Waals surface area contributed by atoms with Gasteiger partial charge in [-0.05, 0) is 42.0 Å². The lowest BCUT2D eigenvalue weighted by Gasteiger charge is -2.24. The molecule has 1 aliphatic carbocycles. The van der Waals surface area contributed by atoms with Gasteiger partial charge in [-0.2, -0.15) is 0 Å². The molecule has 1 heterocycles. The predicted molar refractivity (Wildman–Crippen MR) is 86.7 cm³/mol. The zero-order valence-electron chi connectivity index (χ0n) is 12.8. The lowest BCUT2D eigenvalue weighted by Crippen LogP contribution is -2.31. The maximum absolute atomic E-state index is 12.5. The van der Waals surface area contributed by atoms with Gasteiger partial charge < -0.3 is 11.1 Å². The summed E-state index contributed by atoms with van der Waals surface area (Å²) in [5.74, 6) is -0.603. The fourth-order valence-corrected chi connectivity index (χ4v) is 3.01. The van der Waals surface area contributed by atoms with Crippen molar-refractivity contribution in [1.29, 1.82) is 0 Å². The molecule has 3 N–H and O–H groups in total. The predicted octanol–water partition coefficient (Wildman–Crippen LogP) is 1.92. The van der Waals surface area contributed by atoms with Crippen LogP contribution in [0, 0.1) is 0 Å². The van der Waals surface area contributed by atoms with E-state index in [1.165, 1.54) is 5.56 Å². The molecule has 23 heavy (non-hydrogen) atoms. The maximum atomic E-state index is 12.5. The molecule has 0 aliphatic heterocycles. The second-order valence-electron chi connectivity index (χ2n) is 5.78. The standard InChI is InChI=1S/C18H19N3O2/c19-17(22)16-9-8-12(10-20-16)11-21-18(23)15-7-3-5-13-4-1-2-6-14(13)15/h1-2,4,6,8-10,15H,3,5,7,11H2,(H2,19,22)(H,21,23)/t15-/m0/s1. The third-order valence-electron chi connectivity index (χ3n) is 4.23. The highest BCUT2D eigenvalue weighted by molar-refractivity contribution is 5.90. The van der Waals surface area contributed by atoms with Crippen LogP contribution in [0.1, 0.15) is 45.9 Å². The number of nitrogens with zero attached hydrogens (tertiary/aromatic N) is 1. The zero-order chi connectivity index (χ0) is 16.2. The Balaban J connectivity index is 1.65. The van der Waals surface area contributed by atoms with Crippen molar-refractivity contribution in [2.75, 3.05) is 0 Å². The van der Waals surface area contributed by atoms with Crippen molar-refractivity contribution < 1.29 is 9.59 Å². The van der Waals surface area contributed by atoms with E-state index in [-0.39, 0.29) is 17.5 Å². The molecule has 5 heteroatoms. The Bertz CT molecular complexity index is 725. The Hall–Kier alpha value is -2.69. The molecule has 0 fully saturated rings. The summed E-state index contributed by atoms with van der Waals surface area (Å²) in [6.07, 6.45) is 4.51. The van der Waals surface area contributed by atoms with Crippen LogP contribution in [0.25, 0.3) is 0 Å². The lowest BCUT2D eigenvalue weighted by atomic mass is 9.82. The van der Waals surface area contributed by atoms with Gasteiger partial charge in [0, 0.05) is 12.7 Å². The smallest absolute Gasteiger partial charge is 0.267 e. The number of hydrogen-bond donors (Lipinski definition) is 2. The highest BCUT2D eigenvalue weighted by Crippen LogP contribution is 2.31. The number of pyridine rings is 1. The molecular weight excluding hydrogens is 290 g/mol. The van der Waals surface area contributed by atoms with E-state index in [1.807, 2.05) is 18.2 Å². The number of fused-ring (bicyclic) bond motifs is 1. The van der Waals surface area contributed by atoms with Gasteiger partial charge in [0.25, 0.3) is 5.91 Å². The molecule has 2 amide bonds. The molecule has 1 aliphatic rings. The van der Waals surface area contributed by atoms with E-state index in [0.717, 1.165) is 30.4 Å². The molecule has 0 bridgehead atoms. The first-order valence-corrected chi connectivity index (χ1v) is 7.75. The van der Waals surface area contributed by atoms with Gasteiger partial charge in [-0.1, -0.05) is 30.3 Å². The summed E-state index contributed by atoms with van der Waals surface area (Å²) < 4.78 is 0. The second kappa shape index (κ2) is 6.60. The zero-order valence-corrected chi connectivity index (χ0v) is 12.8. The molecule has 3 rings (SSSR count). The summed E-state index contributed by atoms with van der Waals surface area (Å²) in [5, 5.41) is 2.96. The van der Waals surface area contributed by atoms with E-state index >= 15 is 0 Å². The lowest BCUT2D eigenvalue weighted by molar-refractivity contribution is -0.123. The van der Waals surface area contributed by atoms with Crippen LogP contribution in [0.2, 0.25) is 0 Å². The van der Waals surface area contributed by atoms with Crippen LogP contribution in [0.3, 0.4) is 0 Å². The Morgan fingerprint density at radius 1 is 1.22 bits per heavy atom. The number of benzene rings is 1. The van der Waals surface area contributed by atoms with Gasteiger partial charge in [0.2, 0.25) is 5.91 Å². The SMILES string of the molecule is NC(=O)c1ccc(CNC(=O)[C@H]2CCCc3ccccc32)cn1. The number of carbonyl (C=O) groups is 2. The van der Waals surface area contributed by atoms with Crippen LogP contribution < -0.4 is 11.1 Å². The Morgan fingerprint density at radius 3 is 2.78 bits per heavy atom. The number of rotatable bonds is 4. The molecule has 0 spiro atoms. The summed E-state index contributed by atoms with van der Waals surface area (Å²) >= 11 is 0. The number of nitrogens with two attached hydrogens (primary N) is 1. The highest BCUT2D eigenvalue weighted by Gasteiger charge is 2.25. The first kappa shape index (κ1) is 15.2. The van der Waals surface area contributed by atoms with Crippen LogP contribution in [-0.4, -0.2) is 16.8 Å². The molecule has 2 aromatic rings. The van der Waals surface area contributed by atoms with Crippen LogP contribution >= 0.6 is 0 Å². The van der Waals surface area contributed by atoms with Crippen molar-refractivity contribution >= 4 is 11.8 Å². The van der Waals surface area contributed by atoms with Crippen molar-refractivity contribution in [3.8, 4) is 0 Å². The first-order valence-electron chi connectivity index (χ1n) is 7.75. The Kier molecular flexibility index (Phi) is 4.37. The second-order valence-corrected chi connectivity index (χ2v) is 5.78. The Labute approximate surface area is 134 Å². The maximum Gasteiger partial charge on any atom is 0.267 e. The van der Waals surface area contributed by atoms with E-state index in [2.05, 4.69) is 16.4 Å². The third kappa shape index (κ3) is 3.39. The van der Waals surface area contributed by atoms with E-state index in [9.17, 15) is 9.59 Å². The van der Waals surface area contributed by atoms with Gasteiger partial charge in [0.05, 0.1) is 5.92 Å². The fraction of sp³-hybridized carbons (Fsp3) is 0.278. The minimum Gasteiger partial charge on any atom is -0.364 e. The van der Waals surface area contributed by atoms with Gasteiger partial charge in [0.15, 0.2) is 0 Å². The van der Waals surface area contributed by atoms with Crippen molar-refractivity contribution in [3.05, 3.63) is 65.0 Å². The minimum atomic E-state index is -0.556. The average Bonchev–Trinajstić information content (AvgIpc) is 2.59. The molecule has 0 radical (unpaired) electrons. The third-order valence-corrected chi connectivity index (χ3v) is 4.23. The van der Waals surface area contributed by atoms with Gasteiger partial charge in [-0.3, -0.25) is 14.6 Å². The number of aryl methyl sites for hydroxylation is 1. The quantitative estimate of drug-likeness (QED) is 0.904. The van der Waals surface area contributed by atoms with Gasteiger partial charge in [-0.25, -0.2) is 0 Å². The molecule has 1 aromatic heterocycles. The summed E-state index contributed by atoms with van der Waals surface area (Å²) in [6.45, 7) is 0.392. The number of nitrogens with one attached hydrogen (secondary N) is 1. The number of aromatic nitrogens is 1. The molecule has 1 atom stereocenters. The molecule has 0 unspecified atom stereocenters. The molecule has 0 saturated heterocycles. The van der Waals surface area contributed by atoms with Crippen LogP contribution in [-0.2, 0) is 17.8 Å². The van der Waals surface area contributed by atoms with Crippen LogP contribution in [0.5, 0.6) is 0 Å². The van der Waals surface area contributed by atoms with E-state index in [4.69, 9.17) is 5.73 Å². The van der Waals surface area contributed by atoms with Gasteiger partial charge >= 0.3 is 0 Å². The van der Waals surface area contributed by atoms with Crippen LogP contribution in [0.4, 0.5) is 0 Å². The summed E-state index contributed by atoms with van der Waals surface area (Å²) in [6, 6.07) is 11.5. The van der Waals surface area contributed by atoms with Gasteiger partial charge in [-0.15, -0.1) is 0 Å². The van der Waals surface area contributed by atoms with E-state index in [1.54, 1.807) is 18.3 Å². The summed E-state index contributed by atoms with van der Waals surface area (Å²) in [4.78, 5) is 27.5. The van der Waals surface area contributed by atoms with E-state index in [0.29, 0.717) is 6.54 Å². The van der Waals surface area contributed by atoms with Gasteiger partial charge in [0.1, 0.15) is 5.69 Å². The first-order chi connectivity index (χ1) is 11.1. The van der Waals surface area contributed by atoms with Crippen LogP contribution in [0.15, 0.2) is 42.6 Å². The average molecular weight is 309 g/mol. The van der Waals surface area contributed by atoms with E-state index < -0.39 is 5.91 Å². The minimum absolute atomic E-state index is 0.0381. The monoisotopic (exact) mass is 309 g/mol. The van der Waals surface area contributed by atoms with Crippen molar-refractivity contribution in [2.24, 2.45) is 5.73 Å². The number of hydrogen-bond acceptors (Lipinski definition) is 3. The number of primary amides is 1. The molecule has 5 nitrogen and oxygen atoms in total. The number of carbonyl (C=O) groups excluding carboxylic acids is 2. The molecule has 118 valence electrons. The molecule has 0 saturated carbocycles. The van der Waals surface area contributed by atoms with Crippen molar-refractivity contribution in [2.45, 2.75) is 31.7 Å². The Morgan fingerprint density at radius 2 is 2.04 bits per heavy atom. The van der Waals surface area contributed by atoms with Crippen molar-refractivity contribution in [3.63, 3.8) is 0 Å². The summed E-state index contributed by atoms with van der Waals surface area (Å²) in [5.41, 5.74) is 8.63. The normalized spacial score (nSPS) is 16.4. The largest absolute Gasteiger partial charge is 0.364 e. The topological polar surface area (TPSA) is 85.1 Å². The van der Waals surface area contributed by atoms with Crippen molar-refractivity contribution in [1.82, 2.24) is 10.3 Å². The molecule has 1 aromatic carbocycles. The fourth-order valence-electron chi connectivity index (χ4n) is 3.01. The summed E-state index contributed by atoms with van der Waals surface area (Å²) in [7, 11) is 0. The highest BCUT2D eigenvalue weighted by atomic mass is 16.2.